The van der Waals surface area contributed by atoms with Crippen molar-refractivity contribution in [3.63, 3.8) is 0 Å². The van der Waals surface area contributed by atoms with E-state index in [-0.39, 0.29) is 65.4 Å². The summed E-state index contributed by atoms with van der Waals surface area (Å²) >= 11 is 0. The molecule has 0 atom stereocenters. The van der Waals surface area contributed by atoms with E-state index in [4.69, 9.17) is 30.6 Å². The SMILES string of the molecule is O=C(O)CC(=O)C(=O)O.O=C(O)CC(=O)C(=O)O.O=C(O)CC(=O)C(=O)O.[Y].[Y]. The molecule has 0 aliphatic heterocycles. The minimum atomic E-state index is -1.71. The maximum Gasteiger partial charge on any atom is 0.372 e. The van der Waals surface area contributed by atoms with Crippen molar-refractivity contribution >= 4 is 53.2 Å². The van der Waals surface area contributed by atoms with Crippen LogP contribution in [0.4, 0.5) is 0 Å². The van der Waals surface area contributed by atoms with Gasteiger partial charge >= 0.3 is 35.8 Å². The van der Waals surface area contributed by atoms with Crippen LogP contribution in [-0.2, 0) is 109 Å². The van der Waals surface area contributed by atoms with Gasteiger partial charge in [-0.1, -0.05) is 0 Å². The number of rotatable bonds is 9. The average Bonchev–Trinajstić information content (AvgIpc) is 2.46. The standard InChI is InChI=1S/3C4H4O5.2Y/c3*5-2(4(8)9)1-3(6)7;;/h3*1H2,(H,6,7)(H,8,9);;. The van der Waals surface area contributed by atoms with Gasteiger partial charge in [0.2, 0.25) is 0 Å². The normalized spacial score (nSPS) is 7.86. The van der Waals surface area contributed by atoms with Crippen molar-refractivity contribution < 1.29 is 139 Å². The molecule has 0 aromatic rings. The molecule has 0 spiro atoms. The van der Waals surface area contributed by atoms with Crippen LogP contribution in [0.2, 0.25) is 0 Å². The summed E-state index contributed by atoms with van der Waals surface area (Å²) < 4.78 is 0. The molecule has 0 amide bonds. The number of hydrogen-bond acceptors (Lipinski definition) is 9. The molecule has 0 rings (SSSR count). The molecule has 6 N–H and O–H groups in total. The Morgan fingerprint density at radius 2 is 0.517 bits per heavy atom. The fourth-order valence-corrected chi connectivity index (χ4v) is 0.639. The number of carbonyl (C=O) groups excluding carboxylic acids is 3. The van der Waals surface area contributed by atoms with Crippen molar-refractivity contribution in [1.29, 1.82) is 0 Å². The zero-order valence-corrected chi connectivity index (χ0v) is 19.8. The summed E-state index contributed by atoms with van der Waals surface area (Å²) in [7, 11) is 0. The second-order valence-corrected chi connectivity index (χ2v) is 3.90. The molecule has 29 heavy (non-hydrogen) atoms. The van der Waals surface area contributed by atoms with Gasteiger partial charge in [-0.05, 0) is 0 Å². The average molecular weight is 574 g/mol. The van der Waals surface area contributed by atoms with Crippen LogP contribution in [0.1, 0.15) is 19.3 Å². The second-order valence-electron chi connectivity index (χ2n) is 3.90. The van der Waals surface area contributed by atoms with Crippen LogP contribution in [0.5, 0.6) is 0 Å². The Hall–Kier alpha value is -1.96. The molecular formula is C12H12O15Y2. The molecule has 0 aromatic carbocycles. The molecule has 0 saturated carbocycles. The summed E-state index contributed by atoms with van der Waals surface area (Å²) in [6.45, 7) is 0. The largest absolute Gasteiger partial charge is 0.481 e. The van der Waals surface area contributed by atoms with E-state index in [2.05, 4.69) is 0 Å². The van der Waals surface area contributed by atoms with Crippen LogP contribution >= 0.6 is 0 Å². The minimum absolute atomic E-state index is 0. The van der Waals surface area contributed by atoms with E-state index in [1.165, 1.54) is 0 Å². The molecule has 0 heterocycles. The Labute approximate surface area is 210 Å². The quantitative estimate of drug-likeness (QED) is 0.121. The van der Waals surface area contributed by atoms with Crippen molar-refractivity contribution in [3.8, 4) is 0 Å². The van der Waals surface area contributed by atoms with Gasteiger partial charge < -0.3 is 30.6 Å². The third-order valence-electron chi connectivity index (χ3n) is 1.65. The number of Topliss-reactive ketones (excluding diaryl/α,β-unsaturated/α-hetero) is 3. The van der Waals surface area contributed by atoms with E-state index in [1.807, 2.05) is 0 Å². The van der Waals surface area contributed by atoms with Gasteiger partial charge in [-0.15, -0.1) is 0 Å². The van der Waals surface area contributed by atoms with E-state index in [0.29, 0.717) is 0 Å². The Morgan fingerprint density at radius 1 is 0.379 bits per heavy atom. The van der Waals surface area contributed by atoms with Gasteiger partial charge in [0, 0.05) is 65.4 Å². The first kappa shape index (κ1) is 37.7. The minimum Gasteiger partial charge on any atom is -0.481 e. The molecule has 0 aromatic heterocycles. The maximum absolute atomic E-state index is 9.97. The summed E-state index contributed by atoms with van der Waals surface area (Å²) in [6.07, 6.45) is -2.85. The molecule has 17 heteroatoms. The topological polar surface area (TPSA) is 275 Å². The van der Waals surface area contributed by atoms with E-state index in [1.54, 1.807) is 0 Å². The van der Waals surface area contributed by atoms with Gasteiger partial charge in [-0.2, -0.15) is 0 Å². The summed E-state index contributed by atoms with van der Waals surface area (Å²) in [5.41, 5.74) is 0. The third kappa shape index (κ3) is 31.0. The molecule has 0 aliphatic carbocycles. The molecule has 15 nitrogen and oxygen atoms in total. The summed E-state index contributed by atoms with van der Waals surface area (Å²) in [6, 6.07) is 0. The van der Waals surface area contributed by atoms with Crippen molar-refractivity contribution in [3.05, 3.63) is 0 Å². The van der Waals surface area contributed by atoms with Crippen LogP contribution in [0.3, 0.4) is 0 Å². The number of carboxylic acid groups (broad SMARTS) is 6. The zero-order chi connectivity index (χ0) is 22.3. The summed E-state index contributed by atoms with van der Waals surface area (Å²) in [5.74, 6) is -13.3. The van der Waals surface area contributed by atoms with E-state index in [9.17, 15) is 43.2 Å². The predicted molar refractivity (Wildman–Crippen MR) is 74.7 cm³/mol. The number of ketones is 3. The predicted octanol–water partition coefficient (Wildman–Crippen LogP) is -2.66. The van der Waals surface area contributed by atoms with Crippen molar-refractivity contribution in [1.82, 2.24) is 0 Å². The Kier molecular flexibility index (Phi) is 27.0. The second kappa shape index (κ2) is 20.8. The van der Waals surface area contributed by atoms with Gasteiger partial charge in [0.15, 0.2) is 0 Å². The van der Waals surface area contributed by atoms with Crippen LogP contribution in [0.15, 0.2) is 0 Å². The maximum atomic E-state index is 9.97. The fraction of sp³-hybridized carbons (Fsp3) is 0.250. The Balaban J connectivity index is -0.0000000960. The van der Waals surface area contributed by atoms with Gasteiger partial charge in [0.05, 0.1) is 0 Å². The Bertz CT molecular complexity index is 576. The molecule has 0 unspecified atom stereocenters. The monoisotopic (exact) mass is 574 g/mol. The summed E-state index contributed by atoms with van der Waals surface area (Å²) in [5, 5.41) is 47.0. The van der Waals surface area contributed by atoms with Crippen molar-refractivity contribution in [2.45, 2.75) is 19.3 Å². The molecular weight excluding hydrogens is 562 g/mol. The van der Waals surface area contributed by atoms with Crippen LogP contribution in [0, 0.1) is 0 Å². The van der Waals surface area contributed by atoms with Crippen LogP contribution in [-0.4, -0.2) is 83.8 Å². The molecule has 2 radical (unpaired) electrons. The zero-order valence-electron chi connectivity index (χ0n) is 14.1. The van der Waals surface area contributed by atoms with E-state index in [0.717, 1.165) is 0 Å². The van der Waals surface area contributed by atoms with E-state index < -0.39 is 72.4 Å². The van der Waals surface area contributed by atoms with Crippen molar-refractivity contribution in [2.24, 2.45) is 0 Å². The summed E-state index contributed by atoms with van der Waals surface area (Å²) in [4.78, 5) is 87.7. The Morgan fingerprint density at radius 3 is 0.552 bits per heavy atom. The molecule has 0 saturated heterocycles. The van der Waals surface area contributed by atoms with Gasteiger partial charge in [0.25, 0.3) is 17.3 Å². The first-order valence-electron chi connectivity index (χ1n) is 6.05. The van der Waals surface area contributed by atoms with Crippen molar-refractivity contribution in [2.75, 3.05) is 0 Å². The molecule has 0 aliphatic rings. The molecule has 0 fully saturated rings. The smallest absolute Gasteiger partial charge is 0.372 e. The number of carbonyl (C=O) groups is 9. The molecule has 0 bridgehead atoms. The first-order valence-corrected chi connectivity index (χ1v) is 6.05. The first-order chi connectivity index (χ1) is 12.1. The van der Waals surface area contributed by atoms with Crippen LogP contribution in [0.25, 0.3) is 0 Å². The van der Waals surface area contributed by atoms with Gasteiger partial charge in [0.1, 0.15) is 19.3 Å². The van der Waals surface area contributed by atoms with Gasteiger partial charge in [-0.3, -0.25) is 28.8 Å². The van der Waals surface area contributed by atoms with Crippen LogP contribution < -0.4 is 0 Å². The molecule has 156 valence electrons. The number of carboxylic acids is 6. The number of hydrogen-bond donors (Lipinski definition) is 6. The third-order valence-corrected chi connectivity index (χ3v) is 1.65. The van der Waals surface area contributed by atoms with Gasteiger partial charge in [-0.25, -0.2) is 14.4 Å². The van der Waals surface area contributed by atoms with E-state index >= 15 is 0 Å². The number of aliphatic carboxylic acids is 6. The fourth-order valence-electron chi connectivity index (χ4n) is 0.639.